The molecule has 0 unspecified atom stereocenters. The van der Waals surface area contributed by atoms with E-state index in [1.807, 2.05) is 24.3 Å². The lowest BCUT2D eigenvalue weighted by molar-refractivity contribution is 0.132. The Morgan fingerprint density at radius 1 is 1.26 bits per heavy atom. The van der Waals surface area contributed by atoms with Gasteiger partial charge >= 0.3 is 0 Å². The normalized spacial score (nSPS) is 11.7. The van der Waals surface area contributed by atoms with Gasteiger partial charge in [0.05, 0.1) is 29.0 Å². The summed E-state index contributed by atoms with van der Waals surface area (Å²) in [5, 5.41) is 5.74. The zero-order valence-electron chi connectivity index (χ0n) is 12.0. The average Bonchev–Trinajstić information content (AvgIpc) is 3.22. The summed E-state index contributed by atoms with van der Waals surface area (Å²) in [5.41, 5.74) is 8.43. The second kappa shape index (κ2) is 5.69. The van der Waals surface area contributed by atoms with E-state index < -0.39 is 0 Å². The highest BCUT2D eigenvalue weighted by atomic mass is 32.1. The van der Waals surface area contributed by atoms with Gasteiger partial charge in [0.1, 0.15) is 10.5 Å². The van der Waals surface area contributed by atoms with Gasteiger partial charge in [-0.3, -0.25) is 0 Å². The molecule has 3 aromatic heterocycles. The first-order valence-corrected chi connectivity index (χ1v) is 7.74. The van der Waals surface area contributed by atoms with E-state index in [1.165, 1.54) is 0 Å². The number of pyridine rings is 1. The summed E-state index contributed by atoms with van der Waals surface area (Å²) in [5.74, 6) is 0.433. The highest BCUT2D eigenvalue weighted by Gasteiger charge is 2.12. The molecule has 114 valence electrons. The Hall–Kier alpha value is -2.93. The number of benzene rings is 1. The third-order valence-corrected chi connectivity index (χ3v) is 4.37. The molecule has 6 nitrogen and oxygen atoms in total. The van der Waals surface area contributed by atoms with Gasteiger partial charge in [-0.15, -0.1) is 11.3 Å². The van der Waals surface area contributed by atoms with E-state index in [0.717, 1.165) is 26.2 Å². The first kappa shape index (κ1) is 13.7. The van der Waals surface area contributed by atoms with Gasteiger partial charge in [-0.2, -0.15) is 0 Å². The molecular formula is C16H12N4O2S. The quantitative estimate of drug-likeness (QED) is 0.458. The Balaban J connectivity index is 1.61. The number of anilines is 1. The molecular weight excluding hydrogens is 312 g/mol. The van der Waals surface area contributed by atoms with Gasteiger partial charge in [0, 0.05) is 10.9 Å². The van der Waals surface area contributed by atoms with E-state index in [2.05, 4.69) is 15.1 Å². The number of oxime groups is 1. The molecule has 4 aromatic rings. The summed E-state index contributed by atoms with van der Waals surface area (Å²) in [6.07, 6.45) is 4.75. The number of hydrogen-bond acceptors (Lipinski definition) is 7. The van der Waals surface area contributed by atoms with Crippen molar-refractivity contribution in [2.24, 2.45) is 5.16 Å². The van der Waals surface area contributed by atoms with Crippen LogP contribution in [0, 0.1) is 0 Å². The Morgan fingerprint density at radius 2 is 2.17 bits per heavy atom. The van der Waals surface area contributed by atoms with Crippen LogP contribution in [0.1, 0.15) is 10.6 Å². The van der Waals surface area contributed by atoms with Crippen LogP contribution in [0.3, 0.4) is 0 Å². The maximum Gasteiger partial charge on any atom is 0.168 e. The van der Waals surface area contributed by atoms with E-state index in [4.69, 9.17) is 15.0 Å². The van der Waals surface area contributed by atoms with Gasteiger partial charge in [-0.05, 0) is 12.1 Å². The van der Waals surface area contributed by atoms with Crippen molar-refractivity contribution in [3.63, 3.8) is 0 Å². The monoisotopic (exact) mass is 324 g/mol. The number of thiazole rings is 1. The zero-order valence-corrected chi connectivity index (χ0v) is 12.8. The fourth-order valence-electron chi connectivity index (χ4n) is 2.27. The number of nitrogens with two attached hydrogens (primary N) is 1. The van der Waals surface area contributed by atoms with Gasteiger partial charge in [-0.1, -0.05) is 23.4 Å². The van der Waals surface area contributed by atoms with Crippen LogP contribution in [0.5, 0.6) is 0 Å². The van der Waals surface area contributed by atoms with Crippen molar-refractivity contribution in [2.75, 3.05) is 5.73 Å². The van der Waals surface area contributed by atoms with Crippen LogP contribution >= 0.6 is 11.3 Å². The molecule has 0 fully saturated rings. The first-order chi connectivity index (χ1) is 11.3. The molecule has 0 aliphatic carbocycles. The summed E-state index contributed by atoms with van der Waals surface area (Å²) < 4.78 is 5.96. The molecule has 23 heavy (non-hydrogen) atoms. The summed E-state index contributed by atoms with van der Waals surface area (Å²) in [4.78, 5) is 14.2. The zero-order chi connectivity index (χ0) is 15.6. The molecule has 0 radical (unpaired) electrons. The molecule has 7 heteroatoms. The highest BCUT2D eigenvalue weighted by Crippen LogP contribution is 2.32. The number of aromatic nitrogens is 2. The predicted molar refractivity (Wildman–Crippen MR) is 90.4 cm³/mol. The summed E-state index contributed by atoms with van der Waals surface area (Å²) in [6, 6.07) is 9.67. The van der Waals surface area contributed by atoms with E-state index >= 15 is 0 Å². The van der Waals surface area contributed by atoms with Crippen LogP contribution in [-0.4, -0.2) is 16.2 Å². The molecule has 0 aliphatic heterocycles. The largest absolute Gasteiger partial charge is 0.472 e. The maximum atomic E-state index is 6.01. The maximum absolute atomic E-state index is 6.01. The number of nitrogens with zero attached hydrogens (tertiary/aromatic N) is 3. The standard InChI is InChI=1S/C16H12N4O2S/c17-16-14-15(11-3-1-2-4-12(11)19-16)23-13(20-14)9-22-18-7-10-5-6-21-8-10/h1-8H,9H2,(H2,17,19)/b18-7+. The van der Waals surface area contributed by atoms with Crippen LogP contribution in [-0.2, 0) is 11.4 Å². The molecule has 0 saturated carbocycles. The van der Waals surface area contributed by atoms with Gasteiger partial charge in [-0.25, -0.2) is 9.97 Å². The SMILES string of the molecule is Nc1nc2ccccc2c2sc(CO/N=C/c3ccoc3)nc12. The average molecular weight is 324 g/mol. The van der Waals surface area contributed by atoms with Crippen molar-refractivity contribution in [3.05, 3.63) is 53.4 Å². The van der Waals surface area contributed by atoms with Gasteiger partial charge < -0.3 is 15.0 Å². The molecule has 0 amide bonds. The Labute approximate surface area is 135 Å². The lowest BCUT2D eigenvalue weighted by Gasteiger charge is -1.99. The smallest absolute Gasteiger partial charge is 0.168 e. The van der Waals surface area contributed by atoms with Crippen LogP contribution < -0.4 is 5.73 Å². The van der Waals surface area contributed by atoms with Gasteiger partial charge in [0.15, 0.2) is 12.4 Å². The first-order valence-electron chi connectivity index (χ1n) is 6.92. The fourth-order valence-corrected chi connectivity index (χ4v) is 3.28. The van der Waals surface area contributed by atoms with Gasteiger partial charge in [0.2, 0.25) is 0 Å². The van der Waals surface area contributed by atoms with Crippen molar-refractivity contribution in [2.45, 2.75) is 6.61 Å². The van der Waals surface area contributed by atoms with E-state index in [1.54, 1.807) is 36.1 Å². The number of rotatable bonds is 4. The minimum absolute atomic E-state index is 0.279. The Morgan fingerprint density at radius 3 is 3.04 bits per heavy atom. The molecule has 4 rings (SSSR count). The van der Waals surface area contributed by atoms with Gasteiger partial charge in [0.25, 0.3) is 0 Å². The van der Waals surface area contributed by atoms with Crippen molar-refractivity contribution in [1.29, 1.82) is 0 Å². The van der Waals surface area contributed by atoms with Crippen LogP contribution in [0.25, 0.3) is 21.1 Å². The highest BCUT2D eigenvalue weighted by molar-refractivity contribution is 7.19. The lowest BCUT2D eigenvalue weighted by atomic mass is 10.2. The van der Waals surface area contributed by atoms with Crippen molar-refractivity contribution in [1.82, 2.24) is 9.97 Å². The molecule has 1 aromatic carbocycles. The molecule has 0 saturated heterocycles. The van der Waals surface area contributed by atoms with E-state index in [-0.39, 0.29) is 6.61 Å². The third kappa shape index (κ3) is 2.62. The molecule has 0 spiro atoms. The molecule has 3 heterocycles. The minimum Gasteiger partial charge on any atom is -0.472 e. The number of nitrogen functional groups attached to an aromatic ring is 1. The van der Waals surface area contributed by atoms with Crippen molar-refractivity contribution in [3.8, 4) is 0 Å². The Bertz CT molecular complexity index is 992. The van der Waals surface area contributed by atoms with Crippen molar-refractivity contribution >= 4 is 44.5 Å². The van der Waals surface area contributed by atoms with Crippen LogP contribution in [0.2, 0.25) is 0 Å². The summed E-state index contributed by atoms with van der Waals surface area (Å²) >= 11 is 1.54. The lowest BCUT2D eigenvalue weighted by Crippen LogP contribution is -1.93. The number of furan rings is 1. The van der Waals surface area contributed by atoms with E-state index in [0.29, 0.717) is 11.3 Å². The van der Waals surface area contributed by atoms with Crippen LogP contribution in [0.4, 0.5) is 5.82 Å². The van der Waals surface area contributed by atoms with Crippen molar-refractivity contribution < 1.29 is 9.25 Å². The minimum atomic E-state index is 0.279. The Kier molecular flexibility index (Phi) is 3.39. The fraction of sp³-hybridized carbons (Fsp3) is 0.0625. The second-order valence-electron chi connectivity index (χ2n) is 4.86. The summed E-state index contributed by atoms with van der Waals surface area (Å²) in [6.45, 7) is 0.279. The predicted octanol–water partition coefficient (Wildman–Crippen LogP) is 3.57. The molecule has 0 atom stereocenters. The molecule has 2 N–H and O–H groups in total. The molecule has 0 bridgehead atoms. The van der Waals surface area contributed by atoms with E-state index in [9.17, 15) is 0 Å². The van der Waals surface area contributed by atoms with Crippen LogP contribution in [0.15, 0.2) is 52.4 Å². The second-order valence-corrected chi connectivity index (χ2v) is 5.95. The third-order valence-electron chi connectivity index (χ3n) is 3.31. The number of hydrogen-bond donors (Lipinski definition) is 1. The topological polar surface area (TPSA) is 86.5 Å². The number of para-hydroxylation sites is 1. The summed E-state index contributed by atoms with van der Waals surface area (Å²) in [7, 11) is 0. The number of fused-ring (bicyclic) bond motifs is 3. The molecule has 0 aliphatic rings.